The van der Waals surface area contributed by atoms with E-state index in [2.05, 4.69) is 5.32 Å². The lowest BCUT2D eigenvalue weighted by Crippen LogP contribution is -2.51. The fraction of sp³-hybridized carbons (Fsp3) is 0.909. The molecule has 0 aromatic carbocycles. The van der Waals surface area contributed by atoms with Crippen molar-refractivity contribution in [2.75, 3.05) is 7.05 Å². The number of carboxylic acids is 1. The van der Waals surface area contributed by atoms with Crippen LogP contribution in [0.3, 0.4) is 0 Å². The van der Waals surface area contributed by atoms with Gasteiger partial charge in [0.2, 0.25) is 10.0 Å². The van der Waals surface area contributed by atoms with Crippen molar-refractivity contribution in [3.05, 3.63) is 0 Å². The summed E-state index contributed by atoms with van der Waals surface area (Å²) in [7, 11) is -2.25. The molecule has 6 nitrogen and oxygen atoms in total. The van der Waals surface area contributed by atoms with Gasteiger partial charge in [-0.25, -0.2) is 12.7 Å². The molecule has 0 radical (unpaired) electrons. The van der Waals surface area contributed by atoms with Crippen LogP contribution < -0.4 is 5.32 Å². The first kappa shape index (κ1) is 13.8. The summed E-state index contributed by atoms with van der Waals surface area (Å²) in [6.45, 7) is 1.23. The normalized spacial score (nSPS) is 33.6. The van der Waals surface area contributed by atoms with Crippen LogP contribution in [0.1, 0.15) is 32.6 Å². The summed E-state index contributed by atoms with van der Waals surface area (Å²) in [5.74, 6) is -1.29. The molecule has 0 aromatic heterocycles. The summed E-state index contributed by atoms with van der Waals surface area (Å²) in [5, 5.41) is 10.9. The Kier molecular flexibility index (Phi) is 3.66. The van der Waals surface area contributed by atoms with E-state index in [-0.39, 0.29) is 6.04 Å². The molecule has 0 amide bonds. The molecular weight excluding hydrogens is 256 g/mol. The van der Waals surface area contributed by atoms with E-state index in [1.807, 2.05) is 0 Å². The van der Waals surface area contributed by atoms with Crippen LogP contribution in [0.25, 0.3) is 0 Å². The molecule has 2 saturated heterocycles. The Morgan fingerprint density at radius 2 is 1.83 bits per heavy atom. The lowest BCUT2D eigenvalue weighted by atomic mass is 10.0. The van der Waals surface area contributed by atoms with Crippen molar-refractivity contribution in [1.82, 2.24) is 9.62 Å². The van der Waals surface area contributed by atoms with Gasteiger partial charge in [-0.1, -0.05) is 0 Å². The Hall–Kier alpha value is -0.660. The maximum absolute atomic E-state index is 12.1. The monoisotopic (exact) mass is 276 g/mol. The fourth-order valence-electron chi connectivity index (χ4n) is 2.91. The Morgan fingerprint density at radius 3 is 2.28 bits per heavy atom. The van der Waals surface area contributed by atoms with Gasteiger partial charge in [0.05, 0.1) is 0 Å². The lowest BCUT2D eigenvalue weighted by Gasteiger charge is -2.35. The minimum Gasteiger partial charge on any atom is -0.480 e. The van der Waals surface area contributed by atoms with Gasteiger partial charge < -0.3 is 10.4 Å². The average molecular weight is 276 g/mol. The largest absolute Gasteiger partial charge is 0.480 e. The number of aliphatic carboxylic acids is 1. The van der Waals surface area contributed by atoms with E-state index in [1.54, 1.807) is 0 Å². The molecule has 2 heterocycles. The third kappa shape index (κ3) is 2.39. The van der Waals surface area contributed by atoms with Crippen molar-refractivity contribution in [3.8, 4) is 0 Å². The van der Waals surface area contributed by atoms with Gasteiger partial charge in [-0.15, -0.1) is 0 Å². The van der Waals surface area contributed by atoms with Crippen molar-refractivity contribution >= 4 is 16.0 Å². The SMILES string of the molecule is CC(C(=O)O)S(=O)(=O)N(C)C1CC2CCC(C1)N2. The van der Waals surface area contributed by atoms with Crippen LogP contribution in [0.5, 0.6) is 0 Å². The van der Waals surface area contributed by atoms with Crippen LogP contribution in [-0.4, -0.2) is 54.2 Å². The number of fused-ring (bicyclic) bond motifs is 2. The molecule has 2 aliphatic heterocycles. The van der Waals surface area contributed by atoms with E-state index in [0.717, 1.165) is 25.7 Å². The maximum atomic E-state index is 12.1. The first-order valence-corrected chi connectivity index (χ1v) is 7.78. The molecule has 0 spiro atoms. The molecule has 0 aromatic rings. The molecule has 7 heteroatoms. The maximum Gasteiger partial charge on any atom is 0.323 e. The standard InChI is InChI=1S/C11H20N2O4S/c1-7(11(14)15)18(16,17)13(2)10-5-8-3-4-9(6-10)12-8/h7-10,12H,3-6H2,1-2H3,(H,14,15). The van der Waals surface area contributed by atoms with E-state index in [1.165, 1.54) is 18.3 Å². The van der Waals surface area contributed by atoms with Crippen LogP contribution in [0.2, 0.25) is 0 Å². The molecule has 3 unspecified atom stereocenters. The van der Waals surface area contributed by atoms with Crippen molar-refractivity contribution in [2.45, 2.75) is 56.0 Å². The molecule has 0 saturated carbocycles. The van der Waals surface area contributed by atoms with Crippen LogP contribution >= 0.6 is 0 Å². The van der Waals surface area contributed by atoms with Crippen molar-refractivity contribution in [2.24, 2.45) is 0 Å². The highest BCUT2D eigenvalue weighted by Crippen LogP contribution is 2.30. The number of hydrogen-bond donors (Lipinski definition) is 2. The van der Waals surface area contributed by atoms with E-state index in [0.29, 0.717) is 12.1 Å². The number of nitrogens with zero attached hydrogens (tertiary/aromatic N) is 1. The predicted molar refractivity (Wildman–Crippen MR) is 66.7 cm³/mol. The van der Waals surface area contributed by atoms with E-state index in [9.17, 15) is 13.2 Å². The topological polar surface area (TPSA) is 86.7 Å². The van der Waals surface area contributed by atoms with E-state index in [4.69, 9.17) is 5.11 Å². The zero-order valence-electron chi connectivity index (χ0n) is 10.7. The average Bonchev–Trinajstić information content (AvgIpc) is 2.66. The molecule has 0 aliphatic carbocycles. The third-order valence-corrected chi connectivity index (χ3v) is 6.35. The number of piperidine rings is 1. The van der Waals surface area contributed by atoms with Crippen molar-refractivity contribution < 1.29 is 18.3 Å². The van der Waals surface area contributed by atoms with Crippen molar-refractivity contribution in [3.63, 3.8) is 0 Å². The molecular formula is C11H20N2O4S. The highest BCUT2D eigenvalue weighted by Gasteiger charge is 2.41. The number of hydrogen-bond acceptors (Lipinski definition) is 4. The zero-order chi connectivity index (χ0) is 13.5. The van der Waals surface area contributed by atoms with Gasteiger partial charge in [-0.2, -0.15) is 0 Å². The summed E-state index contributed by atoms with van der Waals surface area (Å²) >= 11 is 0. The molecule has 2 bridgehead atoms. The highest BCUT2D eigenvalue weighted by atomic mass is 32.2. The number of rotatable bonds is 4. The van der Waals surface area contributed by atoms with Crippen LogP contribution in [0.15, 0.2) is 0 Å². The molecule has 18 heavy (non-hydrogen) atoms. The molecule has 2 aliphatic rings. The fourth-order valence-corrected chi connectivity index (χ4v) is 4.25. The Labute approximate surface area is 107 Å². The Bertz CT molecular complexity index is 424. The summed E-state index contributed by atoms with van der Waals surface area (Å²) in [6, 6.07) is 0.689. The van der Waals surface area contributed by atoms with Crippen LogP contribution in [0.4, 0.5) is 0 Å². The Morgan fingerprint density at radius 1 is 1.33 bits per heavy atom. The van der Waals surface area contributed by atoms with Gasteiger partial charge in [0, 0.05) is 25.2 Å². The van der Waals surface area contributed by atoms with Gasteiger partial charge in [-0.3, -0.25) is 4.79 Å². The lowest BCUT2D eigenvalue weighted by molar-refractivity contribution is -0.136. The van der Waals surface area contributed by atoms with E-state index < -0.39 is 21.2 Å². The molecule has 2 N–H and O–H groups in total. The van der Waals surface area contributed by atoms with Gasteiger partial charge in [0.15, 0.2) is 5.25 Å². The summed E-state index contributed by atoms with van der Waals surface area (Å²) in [4.78, 5) is 10.9. The van der Waals surface area contributed by atoms with Crippen LogP contribution in [0, 0.1) is 0 Å². The minimum absolute atomic E-state index is 0.0736. The number of sulfonamides is 1. The number of carboxylic acid groups (broad SMARTS) is 1. The summed E-state index contributed by atoms with van der Waals surface area (Å²) in [6.07, 6.45) is 3.73. The second-order valence-electron chi connectivity index (χ2n) is 5.30. The smallest absolute Gasteiger partial charge is 0.323 e. The van der Waals surface area contributed by atoms with Gasteiger partial charge in [-0.05, 0) is 32.6 Å². The van der Waals surface area contributed by atoms with Crippen LogP contribution in [-0.2, 0) is 14.8 Å². The second kappa shape index (κ2) is 4.79. The Balaban J connectivity index is 2.11. The zero-order valence-corrected chi connectivity index (χ0v) is 11.5. The van der Waals surface area contributed by atoms with E-state index >= 15 is 0 Å². The first-order chi connectivity index (χ1) is 8.32. The first-order valence-electron chi connectivity index (χ1n) is 6.28. The molecule has 2 rings (SSSR count). The minimum atomic E-state index is -3.75. The predicted octanol–water partition coefficient (Wildman–Crippen LogP) is 0.00410. The van der Waals surface area contributed by atoms with Gasteiger partial charge in [0.25, 0.3) is 0 Å². The second-order valence-corrected chi connectivity index (χ2v) is 7.62. The molecule has 2 fully saturated rings. The quantitative estimate of drug-likeness (QED) is 0.755. The third-order valence-electron chi connectivity index (χ3n) is 4.16. The summed E-state index contributed by atoms with van der Waals surface area (Å²) in [5.41, 5.74) is 0. The van der Waals surface area contributed by atoms with Gasteiger partial charge >= 0.3 is 5.97 Å². The molecule has 104 valence electrons. The van der Waals surface area contributed by atoms with Gasteiger partial charge in [0.1, 0.15) is 0 Å². The number of carbonyl (C=O) groups is 1. The number of nitrogens with one attached hydrogen (secondary N) is 1. The van der Waals surface area contributed by atoms with Crippen molar-refractivity contribution in [1.29, 1.82) is 0 Å². The summed E-state index contributed by atoms with van der Waals surface area (Å²) < 4.78 is 25.5. The molecule has 3 atom stereocenters. The highest BCUT2D eigenvalue weighted by molar-refractivity contribution is 7.90.